The van der Waals surface area contributed by atoms with Crippen LogP contribution in [0.5, 0.6) is 0 Å². The van der Waals surface area contributed by atoms with Crippen LogP contribution >= 0.6 is 0 Å². The zero-order valence-electron chi connectivity index (χ0n) is 63.4. The molecule has 2 aromatic carbocycles. The molecule has 0 amide bonds. The van der Waals surface area contributed by atoms with Crippen LogP contribution in [0.3, 0.4) is 0 Å². The highest BCUT2D eigenvalue weighted by Gasteiger charge is 2.37. The minimum Gasteiger partial charge on any atom is -0.497 e. The third-order valence-corrected chi connectivity index (χ3v) is 17.1. The normalized spacial score (nSPS) is 22.1. The summed E-state index contributed by atoms with van der Waals surface area (Å²) >= 11 is 0. The van der Waals surface area contributed by atoms with Crippen LogP contribution in [-0.4, -0.2) is 319 Å². The molecular formula is C72H101N17O26. The molecule has 0 spiro atoms. The number of hydrogen-bond donors (Lipinski definition) is 23. The Morgan fingerprint density at radius 1 is 0.574 bits per heavy atom. The van der Waals surface area contributed by atoms with E-state index in [2.05, 4.69) is 76.8 Å². The number of carbonyl (C=O) groups is 6. The number of Topliss-reactive ketones (excluding diaryl/α,β-unsaturated/α-hetero) is 1. The van der Waals surface area contributed by atoms with Crippen molar-refractivity contribution in [3.8, 4) is 0 Å². The Bertz CT molecular complexity index is 4260. The number of ether oxygens (including phenoxy) is 1. The van der Waals surface area contributed by atoms with E-state index >= 15 is 0 Å². The van der Waals surface area contributed by atoms with Gasteiger partial charge in [-0.1, -0.05) is 82.7 Å². The summed E-state index contributed by atoms with van der Waals surface area (Å²) in [5, 5.41) is 218. The number of carboxylic acids is 4. The van der Waals surface area contributed by atoms with Gasteiger partial charge in [-0.15, -0.1) is 0 Å². The number of aliphatic hydroxyl groups is 15. The van der Waals surface area contributed by atoms with Crippen molar-refractivity contribution < 1.29 is 131 Å². The molecule has 43 nitrogen and oxygen atoms in total. The van der Waals surface area contributed by atoms with E-state index in [0.29, 0.717) is 22.9 Å². The van der Waals surface area contributed by atoms with Gasteiger partial charge >= 0.3 is 29.8 Å². The number of ketones is 1. The molecule has 0 fully saturated rings. The summed E-state index contributed by atoms with van der Waals surface area (Å²) in [5.74, 6) is -27.5. The first-order valence-corrected chi connectivity index (χ1v) is 36.3. The molecule has 0 saturated carbocycles. The molecule has 115 heavy (non-hydrogen) atoms. The lowest BCUT2D eigenvalue weighted by atomic mass is 9.97. The average molecular weight is 1620 g/mol. The Morgan fingerprint density at radius 2 is 1.11 bits per heavy atom. The number of anilines is 1. The predicted octanol–water partition coefficient (Wildman–Crippen LogP) is 6.35. The molecule has 2 heterocycles. The number of aliphatic imine (C=N–C) groups is 13. The third-order valence-electron chi connectivity index (χ3n) is 17.1. The number of nitrogens with two attached hydrogens (primary N) is 2. The first-order valence-electron chi connectivity index (χ1n) is 36.3. The number of aliphatic hydroxyl groups excluding tert-OH is 15. The molecule has 3 aromatic rings. The summed E-state index contributed by atoms with van der Waals surface area (Å²) < 4.78 is 5.72. The summed E-state index contributed by atoms with van der Waals surface area (Å²) in [7, 11) is 0. The number of carboxylic acid groups (broad SMARTS) is 4. The number of carbonyl (C=O) groups excluding carboxylic acids is 2. The Morgan fingerprint density at radius 3 is 1.71 bits per heavy atom. The minimum atomic E-state index is -2.42. The van der Waals surface area contributed by atoms with E-state index in [1.54, 1.807) is 30.5 Å². The Kier molecular flexibility index (Phi) is 39.2. The van der Waals surface area contributed by atoms with Crippen molar-refractivity contribution in [3.05, 3.63) is 65.9 Å². The van der Waals surface area contributed by atoms with Gasteiger partial charge in [0.05, 0.1) is 38.7 Å². The molecule has 1 aromatic heterocycles. The summed E-state index contributed by atoms with van der Waals surface area (Å²) in [6.07, 6.45) is -1.59. The van der Waals surface area contributed by atoms with Crippen molar-refractivity contribution in [2.24, 2.45) is 76.6 Å². The number of nitrogens with zero attached hydrogens (tertiary/aromatic N) is 13. The molecule has 25 N–H and O–H groups in total. The maximum atomic E-state index is 14.9. The van der Waals surface area contributed by atoms with Crippen molar-refractivity contribution in [2.75, 3.05) is 32.0 Å². The molecule has 43 heteroatoms. The third kappa shape index (κ3) is 32.5. The topological polar surface area (TPSA) is 748 Å². The Hall–Kier alpha value is -12.7. The molecule has 4 rings (SSSR count). The quantitative estimate of drug-likeness (QED) is 0.00761. The second kappa shape index (κ2) is 47.6. The number of esters is 1. The van der Waals surface area contributed by atoms with Crippen LogP contribution in [0.1, 0.15) is 146 Å². The number of aliphatic carboxylic acids is 4. The predicted molar refractivity (Wildman–Crippen MR) is 426 cm³/mol. The van der Waals surface area contributed by atoms with E-state index < -0.39 is 255 Å². The number of rotatable bonds is 35. The van der Waals surface area contributed by atoms with Crippen LogP contribution in [0.4, 0.5) is 5.69 Å². The van der Waals surface area contributed by atoms with Crippen LogP contribution in [-0.2, 0) is 35.1 Å². The SMILES string of the molecule is CCCCCCCCCC(O)=N[C@@H](Cc1c[nH]c2ccccc12)C(O)=N[C@H](CC(=N)O)C(O)=N[C@@H](CC(=O)O)C(O)=NC1C(O)=NCC(O)=N[C@@H](CCCN)C(O)=N[C@@H](CC(=O)O)C(O)=N[C@H](C)C(O)=N[C@@H](CC(=O)O)C(O)=NCC(O)=N[C@H](CO)C(O)=N[C@@H]([C@H](C)CC(=O)O)C(O)=N[C@@H](CC(=O)c2ccccc2N)C(=O)O[C@@H]1C. The standard InChI is InChI=1S/C72H101N17O26/c1-5-6-7-8-9-10-11-22-53(93)81-44(25-38-31-76-42-20-15-13-17-39(38)42)66(108)84-45(27-52(75)92)67(109)86-48(30-59(102)103)68(110)89-61-37(4)115-72(114)49(26-51(91)40-18-12-14-19-41(40)74)87-71(113)60(35(2)24-56(96)97)88-69(111)50(34-90)82-55(95)32-77-63(105)46(28-57(98)99)83-62(104)36(3)79-65(107)47(29-58(100)101)85-64(106)43(21-16-23-73)80-54(94)33-78-70(61)112/h12-15,17-20,31,35-37,43-50,60-61,76,90H,5-11,16,21-30,32-34,73-74H2,1-4H3,(H2,75,92)(H,77,105)(H,78,112)(H,79,107)(H,80,94)(H,81,93)(H,82,95)(H,83,104)(H,84,108)(H,85,106)(H,86,109)(H,87,113)(H,88,111)(H,89,110)(H,96,97)(H,98,99)(H,100,101)(H,102,103)/t35-,36-,37-,43+,44+,45-,46+,47+,48+,49+,50-,60+,61?/m1/s1. The highest BCUT2D eigenvalue weighted by Crippen LogP contribution is 2.25. The van der Waals surface area contributed by atoms with Gasteiger partial charge < -0.3 is 118 Å². The molecule has 0 aliphatic carbocycles. The minimum absolute atomic E-state index is 0.0508. The van der Waals surface area contributed by atoms with Crippen molar-refractivity contribution in [1.29, 1.82) is 5.41 Å². The number of unbranched alkanes of at least 4 members (excludes halogenated alkanes) is 6. The van der Waals surface area contributed by atoms with Gasteiger partial charge in [0, 0.05) is 47.6 Å². The molecule has 13 atom stereocenters. The monoisotopic (exact) mass is 1620 g/mol. The zero-order valence-corrected chi connectivity index (χ0v) is 63.4. The van der Waals surface area contributed by atoms with E-state index in [0.717, 1.165) is 59.3 Å². The highest BCUT2D eigenvalue weighted by molar-refractivity contribution is 6.04. The van der Waals surface area contributed by atoms with E-state index in [-0.39, 0.29) is 43.5 Å². The van der Waals surface area contributed by atoms with Gasteiger partial charge in [0.15, 0.2) is 35.7 Å². The number of H-pyrrole nitrogens is 1. The van der Waals surface area contributed by atoms with Crippen molar-refractivity contribution >= 4 is 135 Å². The average Bonchev–Trinajstić information content (AvgIpc) is 1.72. The van der Waals surface area contributed by atoms with Gasteiger partial charge in [-0.25, -0.2) is 69.7 Å². The van der Waals surface area contributed by atoms with Crippen LogP contribution < -0.4 is 11.5 Å². The number of aromatic amines is 1. The van der Waals surface area contributed by atoms with Crippen LogP contribution in [0, 0.1) is 11.3 Å². The van der Waals surface area contributed by atoms with E-state index in [4.69, 9.17) is 21.6 Å². The van der Waals surface area contributed by atoms with Crippen LogP contribution in [0.25, 0.3) is 10.9 Å². The second-order valence-corrected chi connectivity index (χ2v) is 26.5. The first-order chi connectivity index (χ1) is 54.4. The van der Waals surface area contributed by atoms with E-state index in [1.807, 2.05) is 0 Å². The van der Waals surface area contributed by atoms with Gasteiger partial charge in [-0.2, -0.15) is 0 Å². The molecule has 0 saturated heterocycles. The van der Waals surface area contributed by atoms with Gasteiger partial charge in [0.25, 0.3) is 0 Å². The van der Waals surface area contributed by atoms with Gasteiger partial charge in [-0.05, 0) is 69.3 Å². The first kappa shape index (κ1) is 94.7. The lowest BCUT2D eigenvalue weighted by molar-refractivity contribution is -0.150. The number of para-hydroxylation sites is 2. The number of nitrogen functional groups attached to an aromatic ring is 1. The number of fused-ring (bicyclic) bond motifs is 1. The van der Waals surface area contributed by atoms with Gasteiger partial charge in [0.1, 0.15) is 67.5 Å². The summed E-state index contributed by atoms with van der Waals surface area (Å²) in [4.78, 5) is 132. The molecule has 1 unspecified atom stereocenters. The van der Waals surface area contributed by atoms with E-state index in [1.165, 1.54) is 24.3 Å². The summed E-state index contributed by atoms with van der Waals surface area (Å²) in [6.45, 7) is 1.39. The smallest absolute Gasteiger partial charge is 0.331 e. The molecule has 630 valence electrons. The fourth-order valence-electron chi connectivity index (χ4n) is 11.1. The number of nitrogens with one attached hydrogen (secondary N) is 2. The molecule has 0 radical (unpaired) electrons. The number of cyclic esters (lactones) is 1. The van der Waals surface area contributed by atoms with Crippen molar-refractivity contribution in [3.63, 3.8) is 0 Å². The fourth-order valence-corrected chi connectivity index (χ4v) is 11.1. The number of aromatic nitrogens is 1. The lowest BCUT2D eigenvalue weighted by Crippen LogP contribution is -2.40. The fraction of sp³-hybridized carbons (Fsp3) is 0.528. The lowest BCUT2D eigenvalue weighted by Gasteiger charge is -2.24. The molecule has 0 bridgehead atoms. The number of benzene rings is 2. The van der Waals surface area contributed by atoms with Crippen molar-refractivity contribution in [1.82, 2.24) is 4.98 Å². The molecule has 1 aliphatic rings. The van der Waals surface area contributed by atoms with Crippen molar-refractivity contribution in [2.45, 2.75) is 209 Å². The zero-order chi connectivity index (χ0) is 85.8. The van der Waals surface area contributed by atoms with Gasteiger partial charge in [-0.3, -0.25) is 29.4 Å². The van der Waals surface area contributed by atoms with Crippen LogP contribution in [0.2, 0.25) is 0 Å². The van der Waals surface area contributed by atoms with E-state index in [9.17, 15) is 126 Å². The van der Waals surface area contributed by atoms with Gasteiger partial charge in [0.2, 0.25) is 70.8 Å². The number of hydrogen-bond acceptors (Lipinski definition) is 24. The molecule has 1 aliphatic heterocycles. The maximum Gasteiger partial charge on any atom is 0.331 e. The van der Waals surface area contributed by atoms with Crippen LogP contribution in [0.15, 0.2) is 120 Å². The maximum absolute atomic E-state index is 14.9. The largest absolute Gasteiger partial charge is 0.497 e. The Labute approximate surface area is 657 Å². The summed E-state index contributed by atoms with van der Waals surface area (Å²) in [6, 6.07) is -10.1. The molecular weight excluding hydrogens is 1520 g/mol. The highest BCUT2D eigenvalue weighted by atomic mass is 16.5. The summed E-state index contributed by atoms with van der Waals surface area (Å²) in [5.41, 5.74) is 12.7. The Balaban J connectivity index is 2.11. The second-order valence-electron chi connectivity index (χ2n) is 26.5.